The van der Waals surface area contributed by atoms with Crippen molar-refractivity contribution >= 4 is 12.0 Å². The van der Waals surface area contributed by atoms with Gasteiger partial charge in [-0.1, -0.05) is 0 Å². The van der Waals surface area contributed by atoms with Gasteiger partial charge in [-0.3, -0.25) is 0 Å². The highest BCUT2D eigenvalue weighted by Gasteiger charge is 2.22. The number of aldehydes is 1. The van der Waals surface area contributed by atoms with Crippen LogP contribution >= 0.6 is 0 Å². The topological polar surface area (TPSA) is 44.1 Å². The number of nitrogens with zero attached hydrogens (tertiary/aromatic N) is 2. The van der Waals surface area contributed by atoms with E-state index in [9.17, 15) is 4.79 Å². The molecule has 3 heteroatoms. The summed E-state index contributed by atoms with van der Waals surface area (Å²) < 4.78 is 0. The van der Waals surface area contributed by atoms with Crippen molar-refractivity contribution in [3.63, 3.8) is 0 Å². The summed E-state index contributed by atoms with van der Waals surface area (Å²) in [6.07, 6.45) is 0.908. The van der Waals surface area contributed by atoms with E-state index >= 15 is 0 Å². The Morgan fingerprint density at radius 3 is 2.27 bits per heavy atom. The Balaban J connectivity index is 2.98. The van der Waals surface area contributed by atoms with E-state index in [1.54, 1.807) is 12.1 Å². The molecule has 0 radical (unpaired) electrons. The normalized spacial score (nSPS) is 10.5. The molecule has 0 spiro atoms. The average molecular weight is 202 g/mol. The van der Waals surface area contributed by atoms with Gasteiger partial charge in [0.25, 0.3) is 0 Å². The number of hydrogen-bond acceptors (Lipinski definition) is 3. The van der Waals surface area contributed by atoms with Crippen molar-refractivity contribution in [3.05, 3.63) is 29.8 Å². The van der Waals surface area contributed by atoms with E-state index < -0.39 is 5.54 Å². The lowest BCUT2D eigenvalue weighted by molar-refractivity contribution is -0.111. The predicted octanol–water partition coefficient (Wildman–Crippen LogP) is 1.97. The maximum atomic E-state index is 10.9. The lowest BCUT2D eigenvalue weighted by Gasteiger charge is -2.32. The molecule has 15 heavy (non-hydrogen) atoms. The molecule has 0 unspecified atom stereocenters. The van der Waals surface area contributed by atoms with Gasteiger partial charge in [-0.2, -0.15) is 5.26 Å². The van der Waals surface area contributed by atoms with Gasteiger partial charge in [0, 0.05) is 12.7 Å². The van der Waals surface area contributed by atoms with Crippen LogP contribution in [0.1, 0.15) is 19.4 Å². The fourth-order valence-electron chi connectivity index (χ4n) is 1.17. The van der Waals surface area contributed by atoms with Crippen LogP contribution in [0.15, 0.2) is 24.3 Å². The van der Waals surface area contributed by atoms with E-state index in [1.165, 1.54) is 0 Å². The molecule has 0 fully saturated rings. The Labute approximate surface area is 89.9 Å². The summed E-state index contributed by atoms with van der Waals surface area (Å²) in [5.74, 6) is 0. The summed E-state index contributed by atoms with van der Waals surface area (Å²) in [7, 11) is 1.86. The summed E-state index contributed by atoms with van der Waals surface area (Å²) in [6.45, 7) is 3.69. The molecule has 78 valence electrons. The molecule has 0 bridgehead atoms. The predicted molar refractivity (Wildman–Crippen MR) is 59.7 cm³/mol. The Bertz CT molecular complexity index is 387. The zero-order chi connectivity index (χ0) is 11.5. The molecule has 0 aromatic heterocycles. The van der Waals surface area contributed by atoms with Crippen molar-refractivity contribution < 1.29 is 4.79 Å². The molecule has 0 aliphatic carbocycles. The second-order valence-corrected chi connectivity index (χ2v) is 3.99. The smallest absolute Gasteiger partial charge is 0.144 e. The van der Waals surface area contributed by atoms with Crippen LogP contribution in [-0.2, 0) is 4.79 Å². The first-order valence-electron chi connectivity index (χ1n) is 4.71. The number of carbonyl (C=O) groups excluding carboxylic acids is 1. The zero-order valence-corrected chi connectivity index (χ0v) is 9.19. The van der Waals surface area contributed by atoms with Crippen LogP contribution in [0.2, 0.25) is 0 Å². The van der Waals surface area contributed by atoms with Gasteiger partial charge < -0.3 is 9.69 Å². The first-order valence-corrected chi connectivity index (χ1v) is 4.71. The second kappa shape index (κ2) is 4.14. The SMILES string of the molecule is CN(c1ccc(C#N)cc1)C(C)(C)C=O. The summed E-state index contributed by atoms with van der Waals surface area (Å²) in [4.78, 5) is 12.7. The molecule has 1 rings (SSSR count). The third-order valence-corrected chi connectivity index (χ3v) is 2.54. The molecule has 0 aliphatic heterocycles. The van der Waals surface area contributed by atoms with Crippen molar-refractivity contribution in [1.29, 1.82) is 5.26 Å². The van der Waals surface area contributed by atoms with E-state index in [1.807, 2.05) is 37.9 Å². The number of carbonyl (C=O) groups is 1. The van der Waals surface area contributed by atoms with Crippen LogP contribution in [0, 0.1) is 11.3 Å². The molecular formula is C12H14N2O. The lowest BCUT2D eigenvalue weighted by atomic mass is 10.0. The molecule has 3 nitrogen and oxygen atoms in total. The largest absolute Gasteiger partial charge is 0.363 e. The fraction of sp³-hybridized carbons (Fsp3) is 0.333. The maximum absolute atomic E-state index is 10.9. The molecule has 1 aromatic rings. The number of rotatable bonds is 3. The van der Waals surface area contributed by atoms with E-state index in [2.05, 4.69) is 6.07 Å². The number of nitriles is 1. The Kier molecular flexibility index (Phi) is 3.11. The van der Waals surface area contributed by atoms with Crippen molar-refractivity contribution in [2.45, 2.75) is 19.4 Å². The van der Waals surface area contributed by atoms with Crippen LogP contribution in [0.4, 0.5) is 5.69 Å². The molecule has 0 atom stereocenters. The van der Waals surface area contributed by atoms with Gasteiger partial charge in [-0.25, -0.2) is 0 Å². The quantitative estimate of drug-likeness (QED) is 0.704. The first kappa shape index (κ1) is 11.3. The van der Waals surface area contributed by atoms with Crippen LogP contribution in [-0.4, -0.2) is 18.9 Å². The van der Waals surface area contributed by atoms with Gasteiger partial charge in [0.05, 0.1) is 17.2 Å². The van der Waals surface area contributed by atoms with E-state index in [0.29, 0.717) is 5.56 Å². The average Bonchev–Trinajstić information content (AvgIpc) is 2.28. The summed E-state index contributed by atoms with van der Waals surface area (Å²) >= 11 is 0. The van der Waals surface area contributed by atoms with Crippen LogP contribution < -0.4 is 4.90 Å². The second-order valence-electron chi connectivity index (χ2n) is 3.99. The zero-order valence-electron chi connectivity index (χ0n) is 9.19. The summed E-state index contributed by atoms with van der Waals surface area (Å²) in [5, 5.41) is 8.65. The van der Waals surface area contributed by atoms with Gasteiger partial charge in [-0.15, -0.1) is 0 Å². The standard InChI is InChI=1S/C12H14N2O/c1-12(2,9-15)14(3)11-6-4-10(8-13)5-7-11/h4-7,9H,1-3H3. The van der Waals surface area contributed by atoms with Crippen LogP contribution in [0.3, 0.4) is 0 Å². The van der Waals surface area contributed by atoms with E-state index in [0.717, 1.165) is 12.0 Å². The minimum Gasteiger partial charge on any atom is -0.363 e. The summed E-state index contributed by atoms with van der Waals surface area (Å²) in [6, 6.07) is 9.22. The lowest BCUT2D eigenvalue weighted by Crippen LogP contribution is -2.42. The Morgan fingerprint density at radius 1 is 1.33 bits per heavy atom. The molecule has 0 N–H and O–H groups in total. The van der Waals surface area contributed by atoms with Crippen molar-refractivity contribution in [2.24, 2.45) is 0 Å². The molecule has 0 aliphatic rings. The Morgan fingerprint density at radius 2 is 1.87 bits per heavy atom. The van der Waals surface area contributed by atoms with Gasteiger partial charge in [0.15, 0.2) is 0 Å². The van der Waals surface area contributed by atoms with Gasteiger partial charge >= 0.3 is 0 Å². The monoisotopic (exact) mass is 202 g/mol. The van der Waals surface area contributed by atoms with Crippen LogP contribution in [0.5, 0.6) is 0 Å². The highest BCUT2D eigenvalue weighted by molar-refractivity contribution is 5.70. The molecule has 0 heterocycles. The molecular weight excluding hydrogens is 188 g/mol. The highest BCUT2D eigenvalue weighted by atomic mass is 16.1. The van der Waals surface area contributed by atoms with Gasteiger partial charge in [-0.05, 0) is 38.1 Å². The third kappa shape index (κ3) is 2.35. The number of anilines is 1. The molecule has 1 aromatic carbocycles. The minimum atomic E-state index is -0.534. The van der Waals surface area contributed by atoms with Crippen molar-refractivity contribution in [1.82, 2.24) is 0 Å². The number of hydrogen-bond donors (Lipinski definition) is 0. The summed E-state index contributed by atoms with van der Waals surface area (Å²) in [5.41, 5.74) is 1.01. The van der Waals surface area contributed by atoms with E-state index in [-0.39, 0.29) is 0 Å². The third-order valence-electron chi connectivity index (χ3n) is 2.54. The molecule has 0 saturated carbocycles. The molecule has 0 amide bonds. The highest BCUT2D eigenvalue weighted by Crippen LogP contribution is 2.20. The minimum absolute atomic E-state index is 0.534. The van der Waals surface area contributed by atoms with E-state index in [4.69, 9.17) is 5.26 Å². The molecule has 0 saturated heterocycles. The fourth-order valence-corrected chi connectivity index (χ4v) is 1.17. The van der Waals surface area contributed by atoms with Crippen molar-refractivity contribution in [3.8, 4) is 6.07 Å². The number of benzene rings is 1. The maximum Gasteiger partial charge on any atom is 0.144 e. The Hall–Kier alpha value is -1.82. The van der Waals surface area contributed by atoms with Gasteiger partial charge in [0.1, 0.15) is 6.29 Å². The first-order chi connectivity index (χ1) is 7.01. The van der Waals surface area contributed by atoms with Crippen LogP contribution in [0.25, 0.3) is 0 Å². The van der Waals surface area contributed by atoms with Crippen molar-refractivity contribution in [2.75, 3.05) is 11.9 Å². The number of likely N-dealkylation sites (N-methyl/N-ethyl adjacent to an activating group) is 1. The van der Waals surface area contributed by atoms with Gasteiger partial charge in [0.2, 0.25) is 0 Å².